The number of nitrogens with zero attached hydrogens (tertiary/aromatic N) is 2. The normalized spacial score (nSPS) is 12.1. The molecule has 2 N–H and O–H groups in total. The van der Waals surface area contributed by atoms with Crippen LogP contribution in [0.25, 0.3) is 10.9 Å². The molecule has 0 aliphatic heterocycles. The molecule has 0 unspecified atom stereocenters. The summed E-state index contributed by atoms with van der Waals surface area (Å²) >= 11 is 0. The van der Waals surface area contributed by atoms with Gasteiger partial charge in [-0.1, -0.05) is 19.6 Å². The van der Waals surface area contributed by atoms with Crippen molar-refractivity contribution >= 4 is 34.2 Å². The zero-order valence-corrected chi connectivity index (χ0v) is 14.4. The number of rotatable bonds is 6. The number of methoxy groups -OCH3 is 1. The third kappa shape index (κ3) is 4.20. The van der Waals surface area contributed by atoms with Crippen LogP contribution in [-0.2, 0) is 9.53 Å². The molecule has 0 spiro atoms. The Kier molecular flexibility index (Phi) is 5.84. The Morgan fingerprint density at radius 1 is 1.44 bits per heavy atom. The number of carbonyl (C=O) groups excluding carboxylic acids is 2. The average Bonchev–Trinajstić information content (AvgIpc) is 3.07. The predicted molar refractivity (Wildman–Crippen MR) is 97.7 cm³/mol. The first-order valence-corrected chi connectivity index (χ1v) is 7.73. The molecule has 2 rings (SSSR count). The standard InChI is InChI=1S/C18H20N4O3/c1-5-7-14(20-11(3)6-2)17(23)21-16-8-12-10-19-22-15(12)9-13(16)18(24)25-4/h5,7-10H,1,6H2,2-4H3,(H,19,22)(H,21,23)/b14-7-,20-11?. The Hall–Kier alpha value is -3.22. The van der Waals surface area contributed by atoms with Crippen molar-refractivity contribution in [3.63, 3.8) is 0 Å². The number of benzene rings is 1. The smallest absolute Gasteiger partial charge is 0.340 e. The van der Waals surface area contributed by atoms with Crippen molar-refractivity contribution < 1.29 is 14.3 Å². The molecule has 25 heavy (non-hydrogen) atoms. The fourth-order valence-corrected chi connectivity index (χ4v) is 2.12. The molecule has 1 heterocycles. The second-order valence-corrected chi connectivity index (χ2v) is 5.29. The maximum absolute atomic E-state index is 12.6. The van der Waals surface area contributed by atoms with Crippen molar-refractivity contribution in [3.8, 4) is 0 Å². The minimum Gasteiger partial charge on any atom is -0.465 e. The summed E-state index contributed by atoms with van der Waals surface area (Å²) in [5.74, 6) is -1.00. The number of nitrogens with one attached hydrogen (secondary N) is 2. The van der Waals surface area contributed by atoms with Gasteiger partial charge in [-0.2, -0.15) is 5.10 Å². The van der Waals surface area contributed by atoms with Crippen molar-refractivity contribution in [1.82, 2.24) is 10.2 Å². The van der Waals surface area contributed by atoms with E-state index in [1.165, 1.54) is 19.3 Å². The summed E-state index contributed by atoms with van der Waals surface area (Å²) < 4.78 is 4.79. The van der Waals surface area contributed by atoms with Gasteiger partial charge in [0.2, 0.25) is 0 Å². The number of aromatic nitrogens is 2. The SMILES string of the molecule is C=C/C=C(\N=C(C)CC)C(=O)Nc1cc2cn[nH]c2cc1C(=O)OC. The lowest BCUT2D eigenvalue weighted by atomic mass is 10.1. The lowest BCUT2D eigenvalue weighted by molar-refractivity contribution is -0.112. The maximum atomic E-state index is 12.6. The number of hydrogen-bond acceptors (Lipinski definition) is 5. The number of hydrogen-bond donors (Lipinski definition) is 2. The van der Waals surface area contributed by atoms with Gasteiger partial charge in [-0.15, -0.1) is 0 Å². The topological polar surface area (TPSA) is 96.4 Å². The molecular formula is C18H20N4O3. The molecule has 1 aromatic carbocycles. The number of amides is 1. The number of carbonyl (C=O) groups is 2. The lowest BCUT2D eigenvalue weighted by Crippen LogP contribution is -2.17. The minimum atomic E-state index is -0.561. The van der Waals surface area contributed by atoms with Gasteiger partial charge in [-0.25, -0.2) is 4.79 Å². The average molecular weight is 340 g/mol. The first kappa shape index (κ1) is 18.1. The highest BCUT2D eigenvalue weighted by atomic mass is 16.5. The summed E-state index contributed by atoms with van der Waals surface area (Å²) in [6, 6.07) is 3.24. The maximum Gasteiger partial charge on any atom is 0.340 e. The van der Waals surface area contributed by atoms with Crippen LogP contribution in [0.4, 0.5) is 5.69 Å². The second kappa shape index (κ2) is 8.05. The molecule has 2 aromatic rings. The van der Waals surface area contributed by atoms with Crippen LogP contribution in [0.2, 0.25) is 0 Å². The zero-order valence-electron chi connectivity index (χ0n) is 14.4. The van der Waals surface area contributed by atoms with Crippen LogP contribution in [0.5, 0.6) is 0 Å². The molecule has 1 aromatic heterocycles. The van der Waals surface area contributed by atoms with Crippen LogP contribution in [0.1, 0.15) is 30.6 Å². The summed E-state index contributed by atoms with van der Waals surface area (Å²) in [6.45, 7) is 7.39. The highest BCUT2D eigenvalue weighted by Crippen LogP contribution is 2.24. The van der Waals surface area contributed by atoms with Crippen molar-refractivity contribution in [2.75, 3.05) is 12.4 Å². The monoisotopic (exact) mass is 340 g/mol. The quantitative estimate of drug-likeness (QED) is 0.365. The van der Waals surface area contributed by atoms with E-state index in [-0.39, 0.29) is 11.3 Å². The van der Waals surface area contributed by atoms with E-state index in [1.54, 1.807) is 18.3 Å². The van der Waals surface area contributed by atoms with Crippen molar-refractivity contribution in [2.24, 2.45) is 4.99 Å². The summed E-state index contributed by atoms with van der Waals surface area (Å²) in [6.07, 6.45) is 5.33. The summed E-state index contributed by atoms with van der Waals surface area (Å²) in [5.41, 5.74) is 2.23. The minimum absolute atomic E-state index is 0.206. The predicted octanol–water partition coefficient (Wildman–Crippen LogP) is 3.23. The van der Waals surface area contributed by atoms with E-state index in [0.717, 1.165) is 17.5 Å². The Morgan fingerprint density at radius 3 is 2.84 bits per heavy atom. The molecule has 0 radical (unpaired) electrons. The summed E-state index contributed by atoms with van der Waals surface area (Å²) in [5, 5.41) is 10.2. The third-order valence-electron chi connectivity index (χ3n) is 3.56. The van der Waals surface area contributed by atoms with Gasteiger partial charge >= 0.3 is 5.97 Å². The molecule has 1 amide bonds. The highest BCUT2D eigenvalue weighted by Gasteiger charge is 2.18. The van der Waals surface area contributed by atoms with E-state index >= 15 is 0 Å². The fourth-order valence-electron chi connectivity index (χ4n) is 2.12. The van der Waals surface area contributed by atoms with Gasteiger partial charge in [0.1, 0.15) is 5.70 Å². The number of H-pyrrole nitrogens is 1. The Bertz CT molecular complexity index is 878. The van der Waals surface area contributed by atoms with Crippen molar-refractivity contribution in [3.05, 3.63) is 48.3 Å². The van der Waals surface area contributed by atoms with Crippen molar-refractivity contribution in [2.45, 2.75) is 20.3 Å². The van der Waals surface area contributed by atoms with E-state index < -0.39 is 11.9 Å². The highest BCUT2D eigenvalue weighted by molar-refractivity contribution is 6.10. The lowest BCUT2D eigenvalue weighted by Gasteiger charge is -2.11. The van der Waals surface area contributed by atoms with E-state index in [2.05, 4.69) is 27.1 Å². The summed E-state index contributed by atoms with van der Waals surface area (Å²) in [4.78, 5) is 28.9. The van der Waals surface area contributed by atoms with Crippen LogP contribution >= 0.6 is 0 Å². The molecule has 0 aliphatic rings. The fraction of sp³-hybridized carbons (Fsp3) is 0.222. The van der Waals surface area contributed by atoms with Gasteiger partial charge in [0.05, 0.1) is 30.1 Å². The van der Waals surface area contributed by atoms with Crippen LogP contribution in [0.3, 0.4) is 0 Å². The van der Waals surface area contributed by atoms with E-state index in [1.807, 2.05) is 13.8 Å². The number of allylic oxidation sites excluding steroid dienone is 2. The van der Waals surface area contributed by atoms with Gasteiger partial charge < -0.3 is 10.1 Å². The van der Waals surface area contributed by atoms with Crippen LogP contribution < -0.4 is 5.32 Å². The molecule has 0 bridgehead atoms. The Labute approximate surface area is 145 Å². The number of aromatic amines is 1. The molecule has 0 saturated carbocycles. The molecule has 130 valence electrons. The second-order valence-electron chi connectivity index (χ2n) is 5.29. The number of esters is 1. The zero-order chi connectivity index (χ0) is 18.4. The van der Waals surface area contributed by atoms with Gasteiger partial charge in [0, 0.05) is 11.1 Å². The van der Waals surface area contributed by atoms with E-state index in [9.17, 15) is 9.59 Å². The Balaban J connectivity index is 2.43. The van der Waals surface area contributed by atoms with E-state index in [4.69, 9.17) is 4.74 Å². The molecule has 7 heteroatoms. The molecule has 7 nitrogen and oxygen atoms in total. The first-order chi connectivity index (χ1) is 12.0. The van der Waals surface area contributed by atoms with Gasteiger partial charge in [-0.3, -0.25) is 14.9 Å². The van der Waals surface area contributed by atoms with Gasteiger partial charge in [-0.05, 0) is 31.6 Å². The van der Waals surface area contributed by atoms with Crippen LogP contribution in [-0.4, -0.2) is 34.9 Å². The number of anilines is 1. The molecular weight excluding hydrogens is 320 g/mol. The molecule has 0 fully saturated rings. The summed E-state index contributed by atoms with van der Waals surface area (Å²) in [7, 11) is 1.28. The first-order valence-electron chi connectivity index (χ1n) is 7.73. The van der Waals surface area contributed by atoms with Gasteiger partial charge in [0.15, 0.2) is 0 Å². The third-order valence-corrected chi connectivity index (χ3v) is 3.56. The molecule has 0 saturated heterocycles. The van der Waals surface area contributed by atoms with Crippen LogP contribution in [0.15, 0.2) is 47.7 Å². The largest absolute Gasteiger partial charge is 0.465 e. The van der Waals surface area contributed by atoms with Gasteiger partial charge in [0.25, 0.3) is 5.91 Å². The number of ether oxygens (including phenoxy) is 1. The molecule has 0 atom stereocenters. The molecule has 0 aliphatic carbocycles. The number of aliphatic imine (C=N–C) groups is 1. The Morgan fingerprint density at radius 2 is 2.20 bits per heavy atom. The van der Waals surface area contributed by atoms with Crippen LogP contribution in [0, 0.1) is 0 Å². The number of fused-ring (bicyclic) bond motifs is 1. The van der Waals surface area contributed by atoms with E-state index in [0.29, 0.717) is 11.2 Å². The van der Waals surface area contributed by atoms with Crippen molar-refractivity contribution in [1.29, 1.82) is 0 Å².